The lowest BCUT2D eigenvalue weighted by atomic mass is 10.00. The van der Waals surface area contributed by atoms with E-state index in [1.165, 1.54) is 161 Å². The van der Waals surface area contributed by atoms with Crippen molar-refractivity contribution in [3.8, 4) is 0 Å². The van der Waals surface area contributed by atoms with Crippen LogP contribution in [0, 0.1) is 0 Å². The van der Waals surface area contributed by atoms with E-state index in [1.54, 1.807) is 0 Å². The third-order valence-electron chi connectivity index (χ3n) is 10.2. The Bertz CT molecular complexity index is 702. The summed E-state index contributed by atoms with van der Waals surface area (Å²) in [5.74, 6) is -0.596. The van der Waals surface area contributed by atoms with E-state index in [9.17, 15) is 25.2 Å². The first-order valence-electron chi connectivity index (χ1n) is 21.6. The summed E-state index contributed by atoms with van der Waals surface area (Å²) in [6.07, 6.45) is 41.3. The van der Waals surface area contributed by atoms with Crippen molar-refractivity contribution in [2.75, 3.05) is 6.61 Å². The van der Waals surface area contributed by atoms with Gasteiger partial charge in [0.25, 0.3) is 0 Å². The molecular formula is C43H85NO5. The van der Waals surface area contributed by atoms with Crippen molar-refractivity contribution in [3.63, 3.8) is 0 Å². The summed E-state index contributed by atoms with van der Waals surface area (Å²) < 4.78 is 0. The van der Waals surface area contributed by atoms with Crippen molar-refractivity contribution < 1.29 is 25.2 Å². The maximum atomic E-state index is 12.4. The molecule has 0 aromatic rings. The zero-order valence-electron chi connectivity index (χ0n) is 32.7. The molecular weight excluding hydrogens is 610 g/mol. The lowest BCUT2D eigenvalue weighted by Gasteiger charge is -2.27. The number of allylic oxidation sites excluding steroid dienone is 2. The zero-order valence-corrected chi connectivity index (χ0v) is 32.7. The largest absolute Gasteiger partial charge is 0.394 e. The van der Waals surface area contributed by atoms with Crippen LogP contribution in [0.4, 0.5) is 0 Å². The maximum absolute atomic E-state index is 12.4. The second kappa shape index (κ2) is 38.3. The number of aliphatic hydroxyl groups excluding tert-OH is 4. The Kier molecular flexibility index (Phi) is 37.5. The number of unbranched alkanes of at least 4 members (excludes halogenated alkanes) is 28. The molecule has 0 aliphatic heterocycles. The number of hydrogen-bond donors (Lipinski definition) is 5. The number of nitrogens with one attached hydrogen (secondary N) is 1. The van der Waals surface area contributed by atoms with E-state index in [1.807, 2.05) is 0 Å². The standard InChI is InChI=1S/C43H85NO5/c1-3-5-7-9-11-13-14-15-16-17-18-19-20-21-22-23-24-25-26-27-28-29-31-32-34-36-40(46)42(48)39(38-45)44-43(49)41(47)37-35-33-30-12-10-8-6-4-2/h29,31,39-42,45-48H,3-28,30,32-38H2,1-2H3,(H,44,49)/b31-29+. The maximum Gasteiger partial charge on any atom is 0.249 e. The van der Waals surface area contributed by atoms with Crippen molar-refractivity contribution in [2.24, 2.45) is 0 Å². The van der Waals surface area contributed by atoms with Gasteiger partial charge >= 0.3 is 0 Å². The van der Waals surface area contributed by atoms with Crippen molar-refractivity contribution in [1.29, 1.82) is 0 Å². The molecule has 6 nitrogen and oxygen atoms in total. The molecule has 0 aliphatic rings. The Morgan fingerprint density at radius 2 is 0.837 bits per heavy atom. The van der Waals surface area contributed by atoms with Gasteiger partial charge in [0.2, 0.25) is 5.91 Å². The fourth-order valence-electron chi connectivity index (χ4n) is 6.76. The Morgan fingerprint density at radius 1 is 0.490 bits per heavy atom. The first-order chi connectivity index (χ1) is 24.0. The number of rotatable bonds is 39. The van der Waals surface area contributed by atoms with Gasteiger partial charge < -0.3 is 25.7 Å². The second-order valence-corrected chi connectivity index (χ2v) is 15.0. The molecule has 49 heavy (non-hydrogen) atoms. The minimum atomic E-state index is -1.28. The van der Waals surface area contributed by atoms with Crippen molar-refractivity contribution >= 4 is 5.91 Å². The zero-order chi connectivity index (χ0) is 36.0. The predicted molar refractivity (Wildman–Crippen MR) is 210 cm³/mol. The minimum Gasteiger partial charge on any atom is -0.394 e. The van der Waals surface area contributed by atoms with Gasteiger partial charge in [0.05, 0.1) is 18.8 Å². The number of amides is 1. The number of carbonyl (C=O) groups is 1. The van der Waals surface area contributed by atoms with Crippen LogP contribution in [0.25, 0.3) is 0 Å². The van der Waals surface area contributed by atoms with Gasteiger partial charge in [-0.15, -0.1) is 0 Å². The molecule has 0 rings (SSSR count). The first kappa shape index (κ1) is 48.0. The lowest BCUT2D eigenvalue weighted by Crippen LogP contribution is -2.53. The summed E-state index contributed by atoms with van der Waals surface area (Å²) >= 11 is 0. The van der Waals surface area contributed by atoms with Crippen LogP contribution in [0.2, 0.25) is 0 Å². The summed E-state index contributed by atoms with van der Waals surface area (Å²) in [7, 11) is 0. The van der Waals surface area contributed by atoms with Crippen LogP contribution in [0.3, 0.4) is 0 Å². The van der Waals surface area contributed by atoms with Crippen LogP contribution < -0.4 is 5.32 Å². The average molecular weight is 696 g/mol. The van der Waals surface area contributed by atoms with E-state index in [2.05, 4.69) is 31.3 Å². The Morgan fingerprint density at radius 3 is 1.22 bits per heavy atom. The molecule has 0 saturated carbocycles. The van der Waals surface area contributed by atoms with Crippen LogP contribution in [-0.2, 0) is 4.79 Å². The fourth-order valence-corrected chi connectivity index (χ4v) is 6.76. The summed E-state index contributed by atoms with van der Waals surface area (Å²) in [5, 5.41) is 43.4. The highest BCUT2D eigenvalue weighted by Crippen LogP contribution is 2.16. The van der Waals surface area contributed by atoms with Crippen molar-refractivity contribution in [2.45, 2.75) is 250 Å². The molecule has 292 valence electrons. The van der Waals surface area contributed by atoms with Crippen molar-refractivity contribution in [1.82, 2.24) is 5.32 Å². The molecule has 4 unspecified atom stereocenters. The second-order valence-electron chi connectivity index (χ2n) is 15.0. The van der Waals surface area contributed by atoms with E-state index in [-0.39, 0.29) is 0 Å². The summed E-state index contributed by atoms with van der Waals surface area (Å²) in [6, 6.07) is -0.995. The van der Waals surface area contributed by atoms with Crippen LogP contribution in [-0.4, -0.2) is 57.3 Å². The van der Waals surface area contributed by atoms with Gasteiger partial charge in [0, 0.05) is 0 Å². The summed E-state index contributed by atoms with van der Waals surface area (Å²) in [6.45, 7) is 4.00. The average Bonchev–Trinajstić information content (AvgIpc) is 3.11. The van der Waals surface area contributed by atoms with Gasteiger partial charge in [-0.2, -0.15) is 0 Å². The van der Waals surface area contributed by atoms with E-state index < -0.39 is 36.9 Å². The molecule has 0 radical (unpaired) electrons. The molecule has 0 spiro atoms. The van der Waals surface area contributed by atoms with E-state index in [0.29, 0.717) is 12.8 Å². The molecule has 0 fully saturated rings. The van der Waals surface area contributed by atoms with Crippen LogP contribution in [0.5, 0.6) is 0 Å². The highest BCUT2D eigenvalue weighted by Gasteiger charge is 2.28. The van der Waals surface area contributed by atoms with Crippen molar-refractivity contribution in [3.05, 3.63) is 12.2 Å². The van der Waals surface area contributed by atoms with E-state index in [4.69, 9.17) is 0 Å². The van der Waals surface area contributed by atoms with Crippen LogP contribution >= 0.6 is 0 Å². The van der Waals surface area contributed by atoms with Gasteiger partial charge in [0.1, 0.15) is 12.2 Å². The summed E-state index contributed by atoms with van der Waals surface area (Å²) in [4.78, 5) is 12.4. The Balaban J connectivity index is 3.65. The third-order valence-corrected chi connectivity index (χ3v) is 10.2. The van der Waals surface area contributed by atoms with Gasteiger partial charge in [0.15, 0.2) is 0 Å². The number of carbonyl (C=O) groups excluding carboxylic acids is 1. The molecule has 5 N–H and O–H groups in total. The highest BCUT2D eigenvalue weighted by atomic mass is 16.3. The monoisotopic (exact) mass is 696 g/mol. The third kappa shape index (κ3) is 32.7. The smallest absolute Gasteiger partial charge is 0.249 e. The SMILES string of the molecule is CCCCCCCCCCCCCCCCCCCCCC/C=C/CCCC(O)C(O)C(CO)NC(=O)C(O)CCCCCCCCCC. The van der Waals surface area contributed by atoms with Gasteiger partial charge in [-0.1, -0.05) is 199 Å². The van der Waals surface area contributed by atoms with E-state index in [0.717, 1.165) is 38.5 Å². The Hall–Kier alpha value is -0.950. The van der Waals surface area contributed by atoms with Gasteiger partial charge in [-0.05, 0) is 38.5 Å². The fraction of sp³-hybridized carbons (Fsp3) is 0.930. The predicted octanol–water partition coefficient (Wildman–Crippen LogP) is 11.0. The Labute approximate surface area is 304 Å². The molecule has 0 bridgehead atoms. The molecule has 0 aromatic carbocycles. The molecule has 1 amide bonds. The van der Waals surface area contributed by atoms with Crippen LogP contribution in [0.15, 0.2) is 12.2 Å². The first-order valence-corrected chi connectivity index (χ1v) is 21.6. The number of aliphatic hydroxyl groups is 4. The lowest BCUT2D eigenvalue weighted by molar-refractivity contribution is -0.132. The molecule has 6 heteroatoms. The quantitative estimate of drug-likeness (QED) is 0.0325. The molecule has 0 saturated heterocycles. The van der Waals surface area contributed by atoms with Gasteiger partial charge in [-0.25, -0.2) is 0 Å². The topological polar surface area (TPSA) is 110 Å². The summed E-state index contributed by atoms with van der Waals surface area (Å²) in [5.41, 5.74) is 0. The molecule has 0 heterocycles. The van der Waals surface area contributed by atoms with E-state index >= 15 is 0 Å². The molecule has 0 aromatic heterocycles. The number of hydrogen-bond acceptors (Lipinski definition) is 5. The van der Waals surface area contributed by atoms with Crippen LogP contribution in [0.1, 0.15) is 226 Å². The van der Waals surface area contributed by atoms with Gasteiger partial charge in [-0.3, -0.25) is 4.79 Å². The molecule has 0 aliphatic carbocycles. The molecule has 4 atom stereocenters. The normalized spacial score (nSPS) is 14.3. The minimum absolute atomic E-state index is 0.365. The highest BCUT2D eigenvalue weighted by molar-refractivity contribution is 5.80.